The number of nitrogens with zero attached hydrogens (tertiary/aromatic N) is 3. The number of ether oxygens (including phenoxy) is 1. The molecule has 37 heavy (non-hydrogen) atoms. The molecule has 2 aromatic carbocycles. The predicted octanol–water partition coefficient (Wildman–Crippen LogP) is 5.13. The first kappa shape index (κ1) is 28.6. The summed E-state index contributed by atoms with van der Waals surface area (Å²) in [7, 11) is 1.59. The monoisotopic (exact) mass is 541 g/mol. The minimum Gasteiger partial charge on any atom is -0.497 e. The Morgan fingerprint density at radius 2 is 1.86 bits per heavy atom. The van der Waals surface area contributed by atoms with E-state index in [9.17, 15) is 9.59 Å². The molecular weight excluding hydrogens is 506 g/mol. The number of aromatic nitrogens is 3. The van der Waals surface area contributed by atoms with Gasteiger partial charge in [-0.1, -0.05) is 36.9 Å². The molecule has 0 aliphatic carbocycles. The van der Waals surface area contributed by atoms with E-state index in [1.165, 1.54) is 11.8 Å². The summed E-state index contributed by atoms with van der Waals surface area (Å²) in [6.07, 6.45) is 3.59. The number of benzene rings is 2. The van der Waals surface area contributed by atoms with Crippen LogP contribution in [0.1, 0.15) is 53.6 Å². The van der Waals surface area contributed by atoms with Crippen LogP contribution < -0.4 is 15.4 Å². The van der Waals surface area contributed by atoms with E-state index in [0.29, 0.717) is 35.3 Å². The average Bonchev–Trinajstić information content (AvgIpc) is 3.33. The molecule has 1 aromatic heterocycles. The highest BCUT2D eigenvalue weighted by Gasteiger charge is 2.23. The van der Waals surface area contributed by atoms with Gasteiger partial charge < -0.3 is 19.9 Å². The maximum atomic E-state index is 13.0. The van der Waals surface area contributed by atoms with Gasteiger partial charge in [0.25, 0.3) is 5.91 Å². The molecule has 0 spiro atoms. The van der Waals surface area contributed by atoms with E-state index in [1.807, 2.05) is 42.9 Å². The third-order valence-electron chi connectivity index (χ3n) is 5.98. The highest BCUT2D eigenvalue weighted by atomic mass is 32.2. The molecule has 0 bridgehead atoms. The number of amides is 2. The molecule has 1 heterocycles. The fraction of sp³-hybridized carbons (Fsp3) is 0.407. The molecule has 0 unspecified atom stereocenters. The van der Waals surface area contributed by atoms with Crippen LogP contribution in [0.4, 0.5) is 5.69 Å². The summed E-state index contributed by atoms with van der Waals surface area (Å²) in [6, 6.07) is 12.7. The molecule has 3 aromatic rings. The fourth-order valence-corrected chi connectivity index (χ4v) is 5.24. The van der Waals surface area contributed by atoms with Gasteiger partial charge in [-0.05, 0) is 74.1 Å². The van der Waals surface area contributed by atoms with Crippen LogP contribution in [-0.4, -0.2) is 51.5 Å². The molecule has 0 aliphatic heterocycles. The molecule has 198 valence electrons. The zero-order valence-electron chi connectivity index (χ0n) is 22.0. The quantitative estimate of drug-likeness (QED) is 0.289. The first-order valence-electron chi connectivity index (χ1n) is 12.3. The molecule has 8 nitrogen and oxygen atoms in total. The van der Waals surface area contributed by atoms with Crippen molar-refractivity contribution in [3.05, 3.63) is 65.0 Å². The second-order valence-corrected chi connectivity index (χ2v) is 10.3. The number of methoxy groups -OCH3 is 1. The van der Waals surface area contributed by atoms with Gasteiger partial charge in [0.05, 0.1) is 18.9 Å². The number of anilines is 1. The second-order valence-electron chi connectivity index (χ2n) is 8.42. The van der Waals surface area contributed by atoms with Crippen molar-refractivity contribution in [1.29, 1.82) is 0 Å². The van der Waals surface area contributed by atoms with Crippen molar-refractivity contribution in [2.45, 2.75) is 51.4 Å². The predicted molar refractivity (Wildman–Crippen MR) is 152 cm³/mol. The van der Waals surface area contributed by atoms with Gasteiger partial charge in [0.2, 0.25) is 5.91 Å². The Balaban J connectivity index is 1.73. The Hall–Kier alpha value is -2.98. The number of aryl methyl sites for hydroxylation is 2. The number of hydrogen-bond donors (Lipinski definition) is 2. The Morgan fingerprint density at radius 1 is 1.11 bits per heavy atom. The van der Waals surface area contributed by atoms with Gasteiger partial charge in [-0.2, -0.15) is 11.8 Å². The third-order valence-corrected chi connectivity index (χ3v) is 7.59. The van der Waals surface area contributed by atoms with Crippen LogP contribution in [0.15, 0.2) is 47.6 Å². The lowest BCUT2D eigenvalue weighted by atomic mass is 10.1. The first-order valence-corrected chi connectivity index (χ1v) is 14.7. The van der Waals surface area contributed by atoms with E-state index in [-0.39, 0.29) is 23.6 Å². The molecule has 2 amide bonds. The second kappa shape index (κ2) is 14.1. The first-order chi connectivity index (χ1) is 17.9. The Morgan fingerprint density at radius 3 is 2.51 bits per heavy atom. The van der Waals surface area contributed by atoms with E-state index in [2.05, 4.69) is 27.8 Å². The summed E-state index contributed by atoms with van der Waals surface area (Å²) in [4.78, 5) is 25.8. The molecular formula is C27H35N5O3S2. The molecule has 10 heteroatoms. The summed E-state index contributed by atoms with van der Waals surface area (Å²) >= 11 is 3.05. The van der Waals surface area contributed by atoms with Crippen molar-refractivity contribution in [2.75, 3.05) is 30.2 Å². The lowest BCUT2D eigenvalue weighted by molar-refractivity contribution is -0.113. The Bertz CT molecular complexity index is 1200. The molecule has 0 aliphatic rings. The summed E-state index contributed by atoms with van der Waals surface area (Å²) < 4.78 is 7.16. The van der Waals surface area contributed by atoms with Crippen LogP contribution in [0.3, 0.4) is 0 Å². The van der Waals surface area contributed by atoms with Crippen LogP contribution in [0.25, 0.3) is 0 Å². The molecule has 3 rings (SSSR count). The number of thioether (sulfide) groups is 2. The Kier molecular flexibility index (Phi) is 10.9. The lowest BCUT2D eigenvalue weighted by Crippen LogP contribution is -2.31. The number of carbonyl (C=O) groups excluding carboxylic acids is 2. The number of para-hydroxylation sites is 1. The van der Waals surface area contributed by atoms with E-state index >= 15 is 0 Å². The average molecular weight is 542 g/mol. The Labute approximate surface area is 227 Å². The normalized spacial score (nSPS) is 11.7. The van der Waals surface area contributed by atoms with Gasteiger partial charge >= 0.3 is 0 Å². The van der Waals surface area contributed by atoms with Crippen molar-refractivity contribution in [1.82, 2.24) is 20.1 Å². The van der Waals surface area contributed by atoms with Gasteiger partial charge in [0.15, 0.2) is 11.0 Å². The standard InChI is InChI=1S/C27H35N5O3S2/c1-6-19-10-8-9-18(3)24(19)29-23(33)17-37-27-31-30-25(32(27)7-2)22(15-16-36-5)28-26(34)20-11-13-21(35-4)14-12-20/h8-14,22H,6-7,15-17H2,1-5H3,(H,28,34)(H,29,33)/t22-/m0/s1. The van der Waals surface area contributed by atoms with Crippen molar-refractivity contribution in [3.63, 3.8) is 0 Å². The zero-order valence-corrected chi connectivity index (χ0v) is 23.7. The van der Waals surface area contributed by atoms with Crippen LogP contribution >= 0.6 is 23.5 Å². The fourth-order valence-electron chi connectivity index (χ4n) is 3.95. The minimum absolute atomic E-state index is 0.0899. The van der Waals surface area contributed by atoms with E-state index in [0.717, 1.165) is 29.0 Å². The van der Waals surface area contributed by atoms with Gasteiger partial charge in [0.1, 0.15) is 5.75 Å². The number of hydrogen-bond acceptors (Lipinski definition) is 7. The van der Waals surface area contributed by atoms with Crippen LogP contribution in [0.2, 0.25) is 0 Å². The highest BCUT2D eigenvalue weighted by Crippen LogP contribution is 2.25. The van der Waals surface area contributed by atoms with Gasteiger partial charge in [-0.25, -0.2) is 0 Å². The number of rotatable bonds is 13. The molecule has 1 atom stereocenters. The van der Waals surface area contributed by atoms with Crippen LogP contribution in [0.5, 0.6) is 5.75 Å². The van der Waals surface area contributed by atoms with Crippen molar-refractivity contribution in [2.24, 2.45) is 0 Å². The molecule has 0 saturated carbocycles. The molecule has 0 saturated heterocycles. The smallest absolute Gasteiger partial charge is 0.251 e. The zero-order chi connectivity index (χ0) is 26.8. The van der Waals surface area contributed by atoms with Crippen molar-refractivity contribution >= 4 is 41.0 Å². The van der Waals surface area contributed by atoms with E-state index < -0.39 is 0 Å². The van der Waals surface area contributed by atoms with Crippen LogP contribution in [0, 0.1) is 6.92 Å². The topological polar surface area (TPSA) is 98.1 Å². The molecule has 0 fully saturated rings. The largest absolute Gasteiger partial charge is 0.497 e. The van der Waals surface area contributed by atoms with E-state index in [1.54, 1.807) is 43.1 Å². The maximum absolute atomic E-state index is 13.0. The van der Waals surface area contributed by atoms with Crippen molar-refractivity contribution in [3.8, 4) is 5.75 Å². The lowest BCUT2D eigenvalue weighted by Gasteiger charge is -2.19. The summed E-state index contributed by atoms with van der Waals surface area (Å²) in [5.41, 5.74) is 3.58. The summed E-state index contributed by atoms with van der Waals surface area (Å²) in [5.74, 6) is 2.17. The maximum Gasteiger partial charge on any atom is 0.251 e. The number of nitrogens with one attached hydrogen (secondary N) is 2. The van der Waals surface area contributed by atoms with Gasteiger partial charge in [-0.15, -0.1) is 10.2 Å². The van der Waals surface area contributed by atoms with E-state index in [4.69, 9.17) is 4.74 Å². The molecule has 2 N–H and O–H groups in total. The van der Waals surface area contributed by atoms with Crippen molar-refractivity contribution < 1.29 is 14.3 Å². The van der Waals surface area contributed by atoms with Crippen LogP contribution in [-0.2, 0) is 17.8 Å². The minimum atomic E-state index is -0.309. The SMILES string of the molecule is CCc1cccc(C)c1NC(=O)CSc1nnc([C@H](CCSC)NC(=O)c2ccc(OC)cc2)n1CC. The summed E-state index contributed by atoms with van der Waals surface area (Å²) in [5, 5.41) is 15.6. The van der Waals surface area contributed by atoms with Gasteiger partial charge in [0, 0.05) is 17.8 Å². The number of carbonyl (C=O) groups is 2. The highest BCUT2D eigenvalue weighted by molar-refractivity contribution is 7.99. The van der Waals surface area contributed by atoms with Gasteiger partial charge in [-0.3, -0.25) is 9.59 Å². The third kappa shape index (κ3) is 7.52. The summed E-state index contributed by atoms with van der Waals surface area (Å²) in [6.45, 7) is 6.70. The molecule has 0 radical (unpaired) electrons.